The minimum absolute atomic E-state index is 0.156. The highest BCUT2D eigenvalue weighted by atomic mass is 32.1. The van der Waals surface area contributed by atoms with Gasteiger partial charge in [0.2, 0.25) is 0 Å². The van der Waals surface area contributed by atoms with Gasteiger partial charge in [0.25, 0.3) is 11.8 Å². The summed E-state index contributed by atoms with van der Waals surface area (Å²) < 4.78 is 11.1. The average Bonchev–Trinajstić information content (AvgIpc) is 3.36. The number of imide groups is 1. The van der Waals surface area contributed by atoms with Gasteiger partial charge in [-0.1, -0.05) is 18.2 Å². The average molecular weight is 449 g/mol. The van der Waals surface area contributed by atoms with Gasteiger partial charge in [0.15, 0.2) is 0 Å². The highest BCUT2D eigenvalue weighted by Crippen LogP contribution is 2.33. The van der Waals surface area contributed by atoms with Crippen LogP contribution < -0.4 is 14.8 Å². The van der Waals surface area contributed by atoms with Crippen LogP contribution in [-0.4, -0.2) is 37.0 Å². The molecular weight excluding hydrogens is 424 g/mol. The van der Waals surface area contributed by atoms with Gasteiger partial charge in [-0.3, -0.25) is 14.5 Å². The number of thiophene rings is 1. The van der Waals surface area contributed by atoms with Gasteiger partial charge in [0.1, 0.15) is 23.8 Å². The fourth-order valence-electron chi connectivity index (χ4n) is 3.66. The number of amides is 2. The number of anilines is 1. The molecule has 2 amide bonds. The number of hydrogen-bond acceptors (Lipinski definition) is 6. The molecule has 0 bridgehead atoms. The Morgan fingerprint density at radius 1 is 0.938 bits per heavy atom. The van der Waals surface area contributed by atoms with Crippen molar-refractivity contribution in [2.45, 2.75) is 13.8 Å². The van der Waals surface area contributed by atoms with E-state index in [2.05, 4.69) is 11.4 Å². The molecule has 0 saturated heterocycles. The third-order valence-electron chi connectivity index (χ3n) is 5.05. The summed E-state index contributed by atoms with van der Waals surface area (Å²) in [7, 11) is 1.58. The molecule has 0 spiro atoms. The Labute approximate surface area is 191 Å². The molecule has 32 heavy (non-hydrogen) atoms. The van der Waals surface area contributed by atoms with Crippen molar-refractivity contribution in [1.82, 2.24) is 4.90 Å². The molecule has 0 saturated carbocycles. The van der Waals surface area contributed by atoms with E-state index in [0.717, 1.165) is 21.8 Å². The zero-order valence-electron chi connectivity index (χ0n) is 18.2. The van der Waals surface area contributed by atoms with E-state index in [9.17, 15) is 9.59 Å². The number of methoxy groups -OCH3 is 1. The molecule has 2 heterocycles. The van der Waals surface area contributed by atoms with Gasteiger partial charge < -0.3 is 14.8 Å². The van der Waals surface area contributed by atoms with Gasteiger partial charge in [-0.2, -0.15) is 0 Å². The number of rotatable bonds is 8. The van der Waals surface area contributed by atoms with Crippen molar-refractivity contribution >= 4 is 34.4 Å². The molecule has 3 aromatic rings. The van der Waals surface area contributed by atoms with Crippen LogP contribution in [0.3, 0.4) is 0 Å². The smallest absolute Gasteiger partial charge is 0.278 e. The molecule has 0 unspecified atom stereocenters. The van der Waals surface area contributed by atoms with E-state index in [1.165, 1.54) is 16.2 Å². The summed E-state index contributed by atoms with van der Waals surface area (Å²) in [6.07, 6.45) is 0. The quantitative estimate of drug-likeness (QED) is 0.509. The first-order valence-electron chi connectivity index (χ1n) is 10.2. The number of carbonyl (C=O) groups excluding carboxylic acids is 2. The lowest BCUT2D eigenvalue weighted by Crippen LogP contribution is -2.36. The minimum atomic E-state index is -0.370. The first-order chi connectivity index (χ1) is 15.5. The number of nitrogens with one attached hydrogen (secondary N) is 1. The van der Waals surface area contributed by atoms with Gasteiger partial charge >= 0.3 is 0 Å². The summed E-state index contributed by atoms with van der Waals surface area (Å²) in [5.74, 6) is 0.684. The fourth-order valence-corrected chi connectivity index (χ4v) is 4.43. The lowest BCUT2D eigenvalue weighted by Gasteiger charge is -2.16. The molecule has 1 N–H and O–H groups in total. The molecular formula is C25H24N2O4S. The number of benzene rings is 2. The van der Waals surface area contributed by atoms with E-state index in [0.29, 0.717) is 17.0 Å². The standard InChI is InChI=1S/C25H24N2O4S/c1-16-12-17(2)14-20(13-16)31-10-9-27-24(28)22(21-8-5-11-32-21)23(25(27)29)26-18-6-4-7-19(15-18)30-3/h4-8,11-15,26H,9-10H2,1-3H3. The molecule has 0 radical (unpaired) electrons. The molecule has 7 heteroatoms. The van der Waals surface area contributed by atoms with Crippen molar-refractivity contribution in [1.29, 1.82) is 0 Å². The Morgan fingerprint density at radius 2 is 1.72 bits per heavy atom. The molecule has 0 fully saturated rings. The van der Waals surface area contributed by atoms with Crippen molar-refractivity contribution in [3.8, 4) is 11.5 Å². The van der Waals surface area contributed by atoms with Crippen molar-refractivity contribution in [2.75, 3.05) is 25.6 Å². The molecule has 1 aromatic heterocycles. The van der Waals surface area contributed by atoms with E-state index in [-0.39, 0.29) is 30.7 Å². The number of hydrogen-bond donors (Lipinski definition) is 1. The van der Waals surface area contributed by atoms with Crippen LogP contribution in [0.4, 0.5) is 5.69 Å². The third kappa shape index (κ3) is 4.53. The second-order valence-electron chi connectivity index (χ2n) is 7.52. The fraction of sp³-hybridized carbons (Fsp3) is 0.200. The third-order valence-corrected chi connectivity index (χ3v) is 5.94. The van der Waals surface area contributed by atoms with Crippen LogP contribution >= 0.6 is 11.3 Å². The Balaban J connectivity index is 1.55. The monoisotopic (exact) mass is 448 g/mol. The molecule has 164 valence electrons. The van der Waals surface area contributed by atoms with Crippen LogP contribution in [0.2, 0.25) is 0 Å². The van der Waals surface area contributed by atoms with E-state index in [4.69, 9.17) is 9.47 Å². The zero-order valence-corrected chi connectivity index (χ0v) is 19.0. The van der Waals surface area contributed by atoms with Gasteiger partial charge in [0, 0.05) is 16.6 Å². The SMILES string of the molecule is COc1cccc(NC2=C(c3cccs3)C(=O)N(CCOc3cc(C)cc(C)c3)C2=O)c1. The molecule has 4 rings (SSSR count). The highest BCUT2D eigenvalue weighted by molar-refractivity contribution is 7.11. The predicted octanol–water partition coefficient (Wildman–Crippen LogP) is 4.64. The first kappa shape index (κ1) is 21.6. The topological polar surface area (TPSA) is 67.9 Å². The number of carbonyl (C=O) groups is 2. The lowest BCUT2D eigenvalue weighted by atomic mass is 10.1. The van der Waals surface area contributed by atoms with E-state index < -0.39 is 0 Å². The zero-order chi connectivity index (χ0) is 22.7. The highest BCUT2D eigenvalue weighted by Gasteiger charge is 2.39. The number of ether oxygens (including phenoxy) is 2. The maximum absolute atomic E-state index is 13.2. The van der Waals surface area contributed by atoms with Crippen LogP contribution in [0.25, 0.3) is 5.57 Å². The van der Waals surface area contributed by atoms with E-state index in [1.807, 2.05) is 61.7 Å². The van der Waals surface area contributed by atoms with Crippen LogP contribution in [0.5, 0.6) is 11.5 Å². The second-order valence-corrected chi connectivity index (χ2v) is 8.47. The van der Waals surface area contributed by atoms with Gasteiger partial charge in [-0.15, -0.1) is 11.3 Å². The minimum Gasteiger partial charge on any atom is -0.497 e. The molecule has 2 aromatic carbocycles. The summed E-state index contributed by atoms with van der Waals surface area (Å²) in [4.78, 5) is 28.4. The Hall–Kier alpha value is -3.58. The van der Waals surface area contributed by atoms with Crippen molar-refractivity contribution < 1.29 is 19.1 Å². The number of nitrogens with zero attached hydrogens (tertiary/aromatic N) is 1. The number of aryl methyl sites for hydroxylation is 2. The maximum atomic E-state index is 13.2. The molecule has 1 aliphatic heterocycles. The normalized spacial score (nSPS) is 13.7. The first-order valence-corrected chi connectivity index (χ1v) is 11.1. The largest absolute Gasteiger partial charge is 0.497 e. The lowest BCUT2D eigenvalue weighted by molar-refractivity contribution is -0.137. The Bertz CT molecular complexity index is 1160. The Kier molecular flexibility index (Phi) is 6.28. The van der Waals surface area contributed by atoms with Crippen molar-refractivity contribution in [3.63, 3.8) is 0 Å². The van der Waals surface area contributed by atoms with Crippen molar-refractivity contribution in [3.05, 3.63) is 81.7 Å². The summed E-state index contributed by atoms with van der Waals surface area (Å²) >= 11 is 1.42. The van der Waals surface area contributed by atoms with E-state index >= 15 is 0 Å². The van der Waals surface area contributed by atoms with Crippen LogP contribution in [-0.2, 0) is 9.59 Å². The summed E-state index contributed by atoms with van der Waals surface area (Å²) in [6, 6.07) is 16.9. The van der Waals surface area contributed by atoms with Gasteiger partial charge in [-0.25, -0.2) is 0 Å². The predicted molar refractivity (Wildman–Crippen MR) is 126 cm³/mol. The summed E-state index contributed by atoms with van der Waals surface area (Å²) in [5, 5.41) is 5.02. The molecule has 1 aliphatic rings. The van der Waals surface area contributed by atoms with Crippen molar-refractivity contribution in [2.24, 2.45) is 0 Å². The van der Waals surface area contributed by atoms with Gasteiger partial charge in [0.05, 0.1) is 19.2 Å². The summed E-state index contributed by atoms with van der Waals surface area (Å²) in [6.45, 7) is 4.37. The van der Waals surface area contributed by atoms with Crippen LogP contribution in [0.15, 0.2) is 65.7 Å². The second kappa shape index (κ2) is 9.28. The maximum Gasteiger partial charge on any atom is 0.278 e. The van der Waals surface area contributed by atoms with Gasteiger partial charge in [-0.05, 0) is 60.7 Å². The van der Waals surface area contributed by atoms with Crippen LogP contribution in [0, 0.1) is 13.8 Å². The van der Waals surface area contributed by atoms with E-state index in [1.54, 1.807) is 13.2 Å². The molecule has 6 nitrogen and oxygen atoms in total. The Morgan fingerprint density at radius 3 is 2.41 bits per heavy atom. The molecule has 0 atom stereocenters. The summed E-state index contributed by atoms with van der Waals surface area (Å²) in [5.41, 5.74) is 3.50. The molecule has 0 aliphatic carbocycles. The van der Waals surface area contributed by atoms with Crippen LogP contribution in [0.1, 0.15) is 16.0 Å².